The first-order chi connectivity index (χ1) is 8.11. The molecule has 1 amide bonds. The van der Waals surface area contributed by atoms with Crippen LogP contribution in [0.4, 0.5) is 22.0 Å². The summed E-state index contributed by atoms with van der Waals surface area (Å²) in [4.78, 5) is 12.5. The number of likely N-dealkylation sites (tertiary alicyclic amines) is 1. The summed E-state index contributed by atoms with van der Waals surface area (Å²) in [6.45, 7) is 1.04. The van der Waals surface area contributed by atoms with Gasteiger partial charge in [-0.25, -0.2) is 8.78 Å². The zero-order valence-electron chi connectivity index (χ0n) is 9.45. The van der Waals surface area contributed by atoms with Gasteiger partial charge >= 0.3 is 6.36 Å². The minimum Gasteiger partial charge on any atom is -0.333 e. The van der Waals surface area contributed by atoms with E-state index in [2.05, 4.69) is 4.74 Å². The van der Waals surface area contributed by atoms with E-state index in [1.54, 1.807) is 0 Å². The van der Waals surface area contributed by atoms with E-state index in [9.17, 15) is 26.7 Å². The van der Waals surface area contributed by atoms with E-state index in [0.717, 1.165) is 4.90 Å². The lowest BCUT2D eigenvalue weighted by atomic mass is 9.99. The second-order valence-electron chi connectivity index (χ2n) is 4.07. The van der Waals surface area contributed by atoms with Gasteiger partial charge in [-0.3, -0.25) is 9.53 Å². The molecule has 18 heavy (non-hydrogen) atoms. The summed E-state index contributed by atoms with van der Waals surface area (Å²) in [5.41, 5.74) is 5.23. The van der Waals surface area contributed by atoms with E-state index in [1.165, 1.54) is 6.92 Å². The molecule has 0 aromatic carbocycles. The average Bonchev–Trinajstić information content (AvgIpc) is 2.20. The number of carbonyl (C=O) groups is 1. The molecule has 0 saturated carbocycles. The Morgan fingerprint density at radius 1 is 1.50 bits per heavy atom. The lowest BCUT2D eigenvalue weighted by Crippen LogP contribution is -2.65. The van der Waals surface area contributed by atoms with Gasteiger partial charge in [-0.05, 0) is 6.92 Å². The van der Waals surface area contributed by atoms with E-state index >= 15 is 0 Å². The molecule has 4 nitrogen and oxygen atoms in total. The number of amides is 1. The molecule has 0 spiro atoms. The number of halogens is 5. The highest BCUT2D eigenvalue weighted by Gasteiger charge is 2.46. The van der Waals surface area contributed by atoms with Gasteiger partial charge in [0.05, 0.1) is 12.1 Å². The van der Waals surface area contributed by atoms with Crippen molar-refractivity contribution in [3.8, 4) is 0 Å². The quantitative estimate of drug-likeness (QED) is 0.782. The van der Waals surface area contributed by atoms with Gasteiger partial charge in [0.15, 0.2) is 0 Å². The van der Waals surface area contributed by atoms with E-state index in [4.69, 9.17) is 5.73 Å². The SMILES string of the molecule is C[C@H]1[C@@H](OC(F)(F)F)CN1C(=O)C(N)CC(F)F. The Balaban J connectivity index is 2.45. The molecule has 9 heteroatoms. The Kier molecular flexibility index (Phi) is 4.49. The molecule has 3 atom stereocenters. The minimum atomic E-state index is -4.78. The number of carbonyl (C=O) groups excluding carboxylic acids is 1. The van der Waals surface area contributed by atoms with Crippen molar-refractivity contribution in [3.63, 3.8) is 0 Å². The molecule has 0 aromatic rings. The molecule has 1 saturated heterocycles. The molecule has 1 aliphatic rings. The molecule has 1 unspecified atom stereocenters. The first-order valence-corrected chi connectivity index (χ1v) is 5.20. The van der Waals surface area contributed by atoms with Crippen molar-refractivity contribution in [1.29, 1.82) is 0 Å². The van der Waals surface area contributed by atoms with Gasteiger partial charge in [0, 0.05) is 13.0 Å². The first kappa shape index (κ1) is 15.1. The minimum absolute atomic E-state index is 0.295. The van der Waals surface area contributed by atoms with Crippen molar-refractivity contribution in [2.45, 2.75) is 44.3 Å². The summed E-state index contributed by atoms with van der Waals surface area (Å²) >= 11 is 0. The summed E-state index contributed by atoms with van der Waals surface area (Å²) < 4.78 is 63.5. The molecule has 1 rings (SSSR count). The second kappa shape index (κ2) is 5.35. The van der Waals surface area contributed by atoms with Crippen molar-refractivity contribution in [2.75, 3.05) is 6.54 Å². The van der Waals surface area contributed by atoms with Crippen LogP contribution in [0.15, 0.2) is 0 Å². The number of hydrogen-bond acceptors (Lipinski definition) is 3. The van der Waals surface area contributed by atoms with Crippen molar-refractivity contribution < 1.29 is 31.5 Å². The molecule has 106 valence electrons. The smallest absolute Gasteiger partial charge is 0.333 e. The van der Waals surface area contributed by atoms with Crippen LogP contribution in [0.1, 0.15) is 13.3 Å². The molecule has 0 aromatic heterocycles. The Morgan fingerprint density at radius 2 is 2.06 bits per heavy atom. The molecular formula is C9H13F5N2O2. The van der Waals surface area contributed by atoms with Crippen molar-refractivity contribution in [1.82, 2.24) is 4.90 Å². The van der Waals surface area contributed by atoms with Crippen molar-refractivity contribution in [3.05, 3.63) is 0 Å². The van der Waals surface area contributed by atoms with Crippen LogP contribution in [0.2, 0.25) is 0 Å². The zero-order chi connectivity index (χ0) is 14.1. The largest absolute Gasteiger partial charge is 0.522 e. The van der Waals surface area contributed by atoms with E-state index in [-0.39, 0.29) is 6.54 Å². The zero-order valence-corrected chi connectivity index (χ0v) is 9.45. The average molecular weight is 276 g/mol. The first-order valence-electron chi connectivity index (χ1n) is 5.20. The highest BCUT2D eigenvalue weighted by Crippen LogP contribution is 2.29. The Labute approximate surface area is 99.9 Å². The molecule has 1 fully saturated rings. The molecule has 2 N–H and O–H groups in total. The van der Waals surface area contributed by atoms with Crippen LogP contribution in [-0.2, 0) is 9.53 Å². The molecular weight excluding hydrogens is 263 g/mol. The Morgan fingerprint density at radius 3 is 2.44 bits per heavy atom. The normalized spacial score (nSPS) is 26.1. The number of alkyl halides is 5. The van der Waals surface area contributed by atoms with Gasteiger partial charge in [0.2, 0.25) is 12.3 Å². The van der Waals surface area contributed by atoms with Gasteiger partial charge in [0.1, 0.15) is 6.10 Å². The van der Waals surface area contributed by atoms with Crippen molar-refractivity contribution >= 4 is 5.91 Å². The molecule has 0 aliphatic carbocycles. The van der Waals surface area contributed by atoms with Gasteiger partial charge in [-0.15, -0.1) is 13.2 Å². The Bertz CT molecular complexity index is 310. The third-order valence-electron chi connectivity index (χ3n) is 2.72. The predicted octanol–water partition coefficient (Wildman–Crippen LogP) is 1.10. The fraction of sp³-hybridized carbons (Fsp3) is 0.889. The van der Waals surface area contributed by atoms with Crippen LogP contribution in [0.25, 0.3) is 0 Å². The summed E-state index contributed by atoms with van der Waals surface area (Å²) in [7, 11) is 0. The van der Waals surface area contributed by atoms with Crippen LogP contribution in [0.3, 0.4) is 0 Å². The number of nitrogens with two attached hydrogens (primary N) is 1. The summed E-state index contributed by atoms with van der Waals surface area (Å²) in [6.07, 6.45) is -9.50. The highest BCUT2D eigenvalue weighted by atomic mass is 19.4. The van der Waals surface area contributed by atoms with Crippen LogP contribution < -0.4 is 5.73 Å². The van der Waals surface area contributed by atoms with Gasteiger partial charge < -0.3 is 10.6 Å². The van der Waals surface area contributed by atoms with E-state index in [0.29, 0.717) is 0 Å². The fourth-order valence-electron chi connectivity index (χ4n) is 1.68. The standard InChI is InChI=1S/C9H13F5N2O2/c1-4-6(18-9(12,13)14)3-16(4)8(17)5(15)2-7(10)11/h4-7H,2-3,15H2,1H3/t4-,5?,6-/m0/s1. The predicted molar refractivity (Wildman–Crippen MR) is 50.7 cm³/mol. The third-order valence-corrected chi connectivity index (χ3v) is 2.72. The summed E-state index contributed by atoms with van der Waals surface area (Å²) in [5.74, 6) is -0.787. The fourth-order valence-corrected chi connectivity index (χ4v) is 1.68. The van der Waals surface area contributed by atoms with Crippen LogP contribution >= 0.6 is 0 Å². The van der Waals surface area contributed by atoms with Crippen molar-refractivity contribution in [2.24, 2.45) is 5.73 Å². The van der Waals surface area contributed by atoms with E-state index in [1.807, 2.05) is 0 Å². The topological polar surface area (TPSA) is 55.6 Å². The van der Waals surface area contributed by atoms with Gasteiger partial charge in [0.25, 0.3) is 0 Å². The maximum Gasteiger partial charge on any atom is 0.522 e. The number of hydrogen-bond donors (Lipinski definition) is 1. The Hall–Kier alpha value is -0.960. The number of rotatable bonds is 4. The monoisotopic (exact) mass is 276 g/mol. The maximum absolute atomic E-state index is 12.0. The maximum atomic E-state index is 12.0. The summed E-state index contributed by atoms with van der Waals surface area (Å²) in [6, 6.07) is -2.23. The van der Waals surface area contributed by atoms with Crippen LogP contribution in [0.5, 0.6) is 0 Å². The number of ether oxygens (including phenoxy) is 1. The molecule has 1 heterocycles. The molecule has 1 aliphatic heterocycles. The number of nitrogens with zero attached hydrogens (tertiary/aromatic N) is 1. The second-order valence-corrected chi connectivity index (χ2v) is 4.07. The third kappa shape index (κ3) is 3.77. The lowest BCUT2D eigenvalue weighted by Gasteiger charge is -2.46. The highest BCUT2D eigenvalue weighted by molar-refractivity contribution is 5.82. The van der Waals surface area contributed by atoms with Gasteiger partial charge in [-0.1, -0.05) is 0 Å². The lowest BCUT2D eigenvalue weighted by molar-refractivity contribution is -0.359. The molecule has 0 radical (unpaired) electrons. The summed E-state index contributed by atoms with van der Waals surface area (Å²) in [5, 5.41) is 0. The van der Waals surface area contributed by atoms with Crippen LogP contribution in [0, 0.1) is 0 Å². The van der Waals surface area contributed by atoms with Crippen LogP contribution in [-0.4, -0.2) is 48.3 Å². The van der Waals surface area contributed by atoms with E-state index < -0.39 is 43.3 Å². The van der Waals surface area contributed by atoms with Gasteiger partial charge in [-0.2, -0.15) is 0 Å². The molecule has 0 bridgehead atoms.